The fraction of sp³-hybridized carbons (Fsp3) is 0.318. The molecule has 0 aliphatic carbocycles. The minimum absolute atomic E-state index is 0.0302. The van der Waals surface area contributed by atoms with E-state index in [2.05, 4.69) is 17.2 Å². The fourth-order valence-electron chi connectivity index (χ4n) is 3.18. The van der Waals surface area contributed by atoms with Gasteiger partial charge in [-0.2, -0.15) is 0 Å². The molecule has 0 fully saturated rings. The lowest BCUT2D eigenvalue weighted by molar-refractivity contribution is -0.384. The Morgan fingerprint density at radius 3 is 2.74 bits per heavy atom. The highest BCUT2D eigenvalue weighted by molar-refractivity contribution is 7.99. The lowest BCUT2D eigenvalue weighted by Gasteiger charge is -2.13. The van der Waals surface area contributed by atoms with Gasteiger partial charge in [-0.15, -0.1) is 0 Å². The van der Waals surface area contributed by atoms with Crippen LogP contribution in [0.2, 0.25) is 0 Å². The van der Waals surface area contributed by atoms with E-state index in [1.807, 2.05) is 12.1 Å². The summed E-state index contributed by atoms with van der Waals surface area (Å²) in [7, 11) is 0. The number of fused-ring (bicyclic) bond motifs is 1. The van der Waals surface area contributed by atoms with Gasteiger partial charge >= 0.3 is 0 Å². The summed E-state index contributed by atoms with van der Waals surface area (Å²) in [6.07, 6.45) is 4.09. The third-order valence-electron chi connectivity index (χ3n) is 4.73. The summed E-state index contributed by atoms with van der Waals surface area (Å²) >= 11 is 1.18. The van der Waals surface area contributed by atoms with Gasteiger partial charge in [0.1, 0.15) is 0 Å². The molecule has 3 rings (SSSR count). The molecule has 0 bridgehead atoms. The molecule has 1 heterocycles. The monoisotopic (exact) mass is 440 g/mol. The fourth-order valence-corrected chi connectivity index (χ4v) is 4.00. The molecule has 31 heavy (non-hydrogen) atoms. The molecular weight excluding hydrogens is 416 g/mol. The van der Waals surface area contributed by atoms with Crippen LogP contribution in [0.4, 0.5) is 11.4 Å². The zero-order valence-electron chi connectivity index (χ0n) is 17.2. The van der Waals surface area contributed by atoms with Crippen molar-refractivity contribution < 1.29 is 9.72 Å². The molecule has 0 saturated carbocycles. The van der Waals surface area contributed by atoms with Gasteiger partial charge in [-0.05, 0) is 24.6 Å². The van der Waals surface area contributed by atoms with E-state index >= 15 is 0 Å². The summed E-state index contributed by atoms with van der Waals surface area (Å²) in [5.41, 5.74) is 0.744. The highest BCUT2D eigenvalue weighted by Crippen LogP contribution is 2.21. The van der Waals surface area contributed by atoms with Gasteiger partial charge in [0.05, 0.1) is 21.6 Å². The van der Waals surface area contributed by atoms with Crippen molar-refractivity contribution in [2.75, 3.05) is 11.1 Å². The summed E-state index contributed by atoms with van der Waals surface area (Å²) in [4.78, 5) is 40.4. The van der Waals surface area contributed by atoms with Gasteiger partial charge in [-0.3, -0.25) is 24.3 Å². The lowest BCUT2D eigenvalue weighted by Crippen LogP contribution is -2.24. The molecule has 2 aromatic carbocycles. The minimum Gasteiger partial charge on any atom is -0.325 e. The van der Waals surface area contributed by atoms with E-state index in [0.29, 0.717) is 28.3 Å². The highest BCUT2D eigenvalue weighted by atomic mass is 32.2. The summed E-state index contributed by atoms with van der Waals surface area (Å²) in [6, 6.07) is 13.0. The van der Waals surface area contributed by atoms with Gasteiger partial charge in [0, 0.05) is 24.4 Å². The lowest BCUT2D eigenvalue weighted by atomic mass is 10.2. The zero-order chi connectivity index (χ0) is 22.2. The Kier molecular flexibility index (Phi) is 7.77. The number of amides is 1. The molecule has 0 radical (unpaired) electrons. The van der Waals surface area contributed by atoms with Crippen LogP contribution in [0.15, 0.2) is 58.5 Å². The second-order valence-corrected chi connectivity index (χ2v) is 8.02. The van der Waals surface area contributed by atoms with Crippen LogP contribution >= 0.6 is 11.8 Å². The number of para-hydroxylation sites is 1. The zero-order valence-corrected chi connectivity index (χ0v) is 18.1. The predicted molar refractivity (Wildman–Crippen MR) is 123 cm³/mol. The Balaban J connectivity index is 1.76. The number of aromatic nitrogens is 2. The van der Waals surface area contributed by atoms with E-state index in [-0.39, 0.29) is 22.9 Å². The molecular formula is C22H24N4O4S. The first-order chi connectivity index (χ1) is 15.0. The maximum atomic E-state index is 13.0. The summed E-state index contributed by atoms with van der Waals surface area (Å²) in [5.74, 6) is -0.298. The smallest absolute Gasteiger partial charge is 0.271 e. The maximum absolute atomic E-state index is 13.0. The molecule has 162 valence electrons. The predicted octanol–water partition coefficient (Wildman–Crippen LogP) is 4.62. The number of non-ortho nitro benzene ring substituents is 1. The first kappa shape index (κ1) is 22.5. The van der Waals surface area contributed by atoms with E-state index in [1.165, 1.54) is 30.0 Å². The Hall–Kier alpha value is -3.20. The van der Waals surface area contributed by atoms with Crippen molar-refractivity contribution in [3.8, 4) is 0 Å². The normalized spacial score (nSPS) is 10.9. The topological polar surface area (TPSA) is 107 Å². The average Bonchev–Trinajstić information content (AvgIpc) is 2.77. The van der Waals surface area contributed by atoms with E-state index in [1.54, 1.807) is 22.8 Å². The van der Waals surface area contributed by atoms with Crippen molar-refractivity contribution in [3.63, 3.8) is 0 Å². The van der Waals surface area contributed by atoms with Crippen molar-refractivity contribution in [2.24, 2.45) is 0 Å². The molecule has 0 aliphatic rings. The number of thioether (sulfide) groups is 1. The van der Waals surface area contributed by atoms with Crippen molar-refractivity contribution in [3.05, 3.63) is 69.0 Å². The van der Waals surface area contributed by atoms with Crippen LogP contribution in [0, 0.1) is 10.1 Å². The molecule has 1 aromatic heterocycles. The van der Waals surface area contributed by atoms with Crippen LogP contribution < -0.4 is 10.9 Å². The van der Waals surface area contributed by atoms with Crippen LogP contribution in [0.25, 0.3) is 10.9 Å². The largest absolute Gasteiger partial charge is 0.325 e. The molecule has 0 spiro atoms. The van der Waals surface area contributed by atoms with E-state index < -0.39 is 4.92 Å². The Morgan fingerprint density at radius 1 is 1.16 bits per heavy atom. The first-order valence-corrected chi connectivity index (χ1v) is 11.1. The molecule has 0 unspecified atom stereocenters. The average molecular weight is 441 g/mol. The highest BCUT2D eigenvalue weighted by Gasteiger charge is 2.14. The Labute approximate surface area is 183 Å². The molecule has 3 aromatic rings. The van der Waals surface area contributed by atoms with Crippen LogP contribution in [0.5, 0.6) is 0 Å². The number of hydrogen-bond acceptors (Lipinski definition) is 6. The Bertz CT molecular complexity index is 1150. The summed E-state index contributed by atoms with van der Waals surface area (Å²) in [5, 5.41) is 14.6. The van der Waals surface area contributed by atoms with Gasteiger partial charge in [0.25, 0.3) is 11.2 Å². The van der Waals surface area contributed by atoms with Gasteiger partial charge in [-0.1, -0.05) is 56.1 Å². The van der Waals surface area contributed by atoms with Crippen LogP contribution in [0.3, 0.4) is 0 Å². The minimum atomic E-state index is -0.513. The van der Waals surface area contributed by atoms with Crippen LogP contribution in [0.1, 0.15) is 32.6 Å². The summed E-state index contributed by atoms with van der Waals surface area (Å²) < 4.78 is 1.64. The second kappa shape index (κ2) is 10.7. The van der Waals surface area contributed by atoms with Crippen molar-refractivity contribution >= 4 is 39.9 Å². The number of nitro benzene ring substituents is 1. The van der Waals surface area contributed by atoms with Gasteiger partial charge in [-0.25, -0.2) is 4.98 Å². The SMILES string of the molecule is CCCCCCn1c(SCC(=O)Nc2cccc([N+](=O)[O-])c2)nc2ccccc2c1=O. The van der Waals surface area contributed by atoms with Crippen molar-refractivity contribution in [2.45, 2.75) is 44.3 Å². The summed E-state index contributed by atoms with van der Waals surface area (Å²) in [6.45, 7) is 2.68. The molecule has 0 aliphatic heterocycles. The number of benzene rings is 2. The molecule has 8 nitrogen and oxygen atoms in total. The van der Waals surface area contributed by atoms with Gasteiger partial charge < -0.3 is 5.32 Å². The number of nitro groups is 1. The molecule has 1 N–H and O–H groups in total. The number of carbonyl (C=O) groups is 1. The van der Waals surface area contributed by atoms with Crippen LogP contribution in [-0.4, -0.2) is 26.1 Å². The van der Waals surface area contributed by atoms with E-state index in [4.69, 9.17) is 0 Å². The third-order valence-corrected chi connectivity index (χ3v) is 5.71. The van der Waals surface area contributed by atoms with Crippen LogP contribution in [-0.2, 0) is 11.3 Å². The second-order valence-electron chi connectivity index (χ2n) is 7.07. The van der Waals surface area contributed by atoms with E-state index in [0.717, 1.165) is 25.7 Å². The Morgan fingerprint density at radius 2 is 1.97 bits per heavy atom. The third kappa shape index (κ3) is 5.91. The van der Waals surface area contributed by atoms with Gasteiger partial charge in [0.2, 0.25) is 5.91 Å². The molecule has 0 saturated heterocycles. The number of carbonyl (C=O) groups excluding carboxylic acids is 1. The number of nitrogens with zero attached hydrogens (tertiary/aromatic N) is 3. The molecule has 1 amide bonds. The van der Waals surface area contributed by atoms with E-state index in [9.17, 15) is 19.7 Å². The quantitative estimate of drug-likeness (QED) is 0.162. The van der Waals surface area contributed by atoms with Gasteiger partial charge in [0.15, 0.2) is 5.16 Å². The number of hydrogen-bond donors (Lipinski definition) is 1. The number of nitrogens with one attached hydrogen (secondary N) is 1. The first-order valence-electron chi connectivity index (χ1n) is 10.2. The molecule has 9 heteroatoms. The number of anilines is 1. The van der Waals surface area contributed by atoms with Crippen molar-refractivity contribution in [1.29, 1.82) is 0 Å². The number of rotatable bonds is 10. The van der Waals surface area contributed by atoms with Crippen molar-refractivity contribution in [1.82, 2.24) is 9.55 Å². The maximum Gasteiger partial charge on any atom is 0.271 e. The molecule has 0 atom stereocenters. The number of unbranched alkanes of at least 4 members (excludes halogenated alkanes) is 3. The standard InChI is InChI=1S/C22H24N4O4S/c1-2-3-4-7-13-25-21(28)18-11-5-6-12-19(18)24-22(25)31-15-20(27)23-16-9-8-10-17(14-16)26(29)30/h5-6,8-12,14H,2-4,7,13,15H2,1H3,(H,23,27).